The van der Waals surface area contributed by atoms with Gasteiger partial charge in [-0.25, -0.2) is 4.79 Å². The number of nitrogens with one attached hydrogen (secondary N) is 2. The van der Waals surface area contributed by atoms with Crippen molar-refractivity contribution in [3.05, 3.63) is 99.1 Å². The topological polar surface area (TPSA) is 58.2 Å². The molecular weight excluding hydrogens is 408 g/mol. The molecule has 2 amide bonds. The van der Waals surface area contributed by atoms with Crippen LogP contribution in [0.4, 0.5) is 10.5 Å². The summed E-state index contributed by atoms with van der Waals surface area (Å²) in [6, 6.07) is 18.1. The van der Waals surface area contributed by atoms with E-state index >= 15 is 0 Å². The van der Waals surface area contributed by atoms with Gasteiger partial charge >= 0.3 is 6.03 Å². The highest BCUT2D eigenvalue weighted by Crippen LogP contribution is 2.22. The fraction of sp³-hybridized carbons (Fsp3) is 0.310. The number of aryl methyl sites for hydroxylation is 4. The van der Waals surface area contributed by atoms with E-state index in [0.29, 0.717) is 13.0 Å². The molecule has 4 heteroatoms. The second kappa shape index (κ2) is 11.0. The van der Waals surface area contributed by atoms with E-state index in [4.69, 9.17) is 0 Å². The van der Waals surface area contributed by atoms with Crippen molar-refractivity contribution in [2.45, 2.75) is 60.4 Å². The van der Waals surface area contributed by atoms with Crippen LogP contribution in [-0.2, 0) is 19.4 Å². The van der Waals surface area contributed by atoms with Crippen molar-refractivity contribution in [2.75, 3.05) is 5.32 Å². The highest BCUT2D eigenvalue weighted by Gasteiger charge is 2.09. The molecule has 0 aliphatic carbocycles. The number of benzene rings is 3. The number of anilines is 1. The fourth-order valence-electron chi connectivity index (χ4n) is 3.98. The average Bonchev–Trinajstić information content (AvgIpc) is 2.81. The second-order valence-corrected chi connectivity index (χ2v) is 8.67. The first-order valence-electron chi connectivity index (χ1n) is 11.7. The molecule has 3 aromatic carbocycles. The summed E-state index contributed by atoms with van der Waals surface area (Å²) >= 11 is 0. The molecule has 3 rings (SSSR count). The first-order chi connectivity index (χ1) is 15.8. The highest BCUT2D eigenvalue weighted by molar-refractivity contribution is 5.96. The van der Waals surface area contributed by atoms with Gasteiger partial charge in [0, 0.05) is 24.2 Å². The van der Waals surface area contributed by atoms with Gasteiger partial charge in [-0.15, -0.1) is 0 Å². The number of hydrogen-bond acceptors (Lipinski definition) is 2. The molecule has 0 spiro atoms. The predicted octanol–water partition coefficient (Wildman–Crippen LogP) is 6.68. The molecule has 0 saturated carbocycles. The Morgan fingerprint density at radius 1 is 0.788 bits per heavy atom. The average molecular weight is 443 g/mol. The lowest BCUT2D eigenvalue weighted by molar-refractivity contribution is 0.0988. The molecule has 0 bridgehead atoms. The van der Waals surface area contributed by atoms with Crippen molar-refractivity contribution in [1.29, 1.82) is 0 Å². The van der Waals surface area contributed by atoms with Gasteiger partial charge in [0.15, 0.2) is 5.78 Å². The quantitative estimate of drug-likeness (QED) is 0.382. The molecule has 2 N–H and O–H groups in total. The minimum Gasteiger partial charge on any atom is -0.334 e. The lowest BCUT2D eigenvalue weighted by Crippen LogP contribution is -2.28. The Bertz CT molecular complexity index is 1160. The second-order valence-electron chi connectivity index (χ2n) is 8.67. The zero-order valence-electron chi connectivity index (χ0n) is 20.3. The molecule has 0 aliphatic rings. The maximum Gasteiger partial charge on any atom is 0.319 e. The Labute approximate surface area is 197 Å². The molecule has 0 saturated heterocycles. The number of rotatable bonds is 8. The van der Waals surface area contributed by atoms with Crippen molar-refractivity contribution in [2.24, 2.45) is 0 Å². The van der Waals surface area contributed by atoms with Crippen LogP contribution in [0.15, 0.2) is 54.6 Å². The Morgan fingerprint density at radius 2 is 1.55 bits per heavy atom. The number of carbonyl (C=O) groups excluding carboxylic acids is 2. The zero-order chi connectivity index (χ0) is 24.0. The van der Waals surface area contributed by atoms with E-state index in [0.717, 1.165) is 40.8 Å². The Morgan fingerprint density at radius 3 is 2.24 bits per heavy atom. The third kappa shape index (κ3) is 6.32. The molecule has 0 atom stereocenters. The predicted molar refractivity (Wildman–Crippen MR) is 136 cm³/mol. The number of ketones is 1. The van der Waals surface area contributed by atoms with Gasteiger partial charge in [-0.2, -0.15) is 0 Å². The molecule has 0 heterocycles. The SMILES string of the molecule is CCC(=O)c1cccc(Cc2ccc(CNC(=O)Nc3cc(C)c(C)cc3CC)cc2C)c1. The van der Waals surface area contributed by atoms with E-state index in [-0.39, 0.29) is 11.8 Å². The van der Waals surface area contributed by atoms with Crippen molar-refractivity contribution in [3.63, 3.8) is 0 Å². The van der Waals surface area contributed by atoms with E-state index < -0.39 is 0 Å². The molecule has 0 fully saturated rings. The molecule has 33 heavy (non-hydrogen) atoms. The molecule has 4 nitrogen and oxygen atoms in total. The van der Waals surface area contributed by atoms with Crippen LogP contribution in [0.3, 0.4) is 0 Å². The van der Waals surface area contributed by atoms with E-state index in [1.54, 1.807) is 0 Å². The lowest BCUT2D eigenvalue weighted by Gasteiger charge is -2.14. The maximum atomic E-state index is 12.5. The minimum atomic E-state index is -0.202. The highest BCUT2D eigenvalue weighted by atomic mass is 16.2. The van der Waals surface area contributed by atoms with Gasteiger partial charge < -0.3 is 10.6 Å². The summed E-state index contributed by atoms with van der Waals surface area (Å²) in [4.78, 5) is 24.5. The maximum absolute atomic E-state index is 12.5. The number of carbonyl (C=O) groups is 2. The van der Waals surface area contributed by atoms with Gasteiger partial charge in [-0.05, 0) is 84.7 Å². The number of amides is 2. The van der Waals surface area contributed by atoms with Gasteiger partial charge in [0.1, 0.15) is 0 Å². The van der Waals surface area contributed by atoms with E-state index in [9.17, 15) is 9.59 Å². The summed E-state index contributed by atoms with van der Waals surface area (Å²) in [6.45, 7) is 10.7. The van der Waals surface area contributed by atoms with Crippen LogP contribution < -0.4 is 10.6 Å². The zero-order valence-corrected chi connectivity index (χ0v) is 20.3. The van der Waals surface area contributed by atoms with Crippen molar-refractivity contribution >= 4 is 17.5 Å². The molecule has 172 valence electrons. The molecule has 0 aromatic heterocycles. The van der Waals surface area contributed by atoms with Gasteiger partial charge in [0.05, 0.1) is 0 Å². The standard InChI is InChI=1S/C29H34N2O2/c1-6-24-14-19(3)20(4)15-27(24)31-29(33)30-18-23-11-12-25(21(5)13-23)16-22-9-8-10-26(17-22)28(32)7-2/h8-15,17H,6-7,16,18H2,1-5H3,(H2,30,31,33). The summed E-state index contributed by atoms with van der Waals surface area (Å²) in [7, 11) is 0. The molecule has 3 aromatic rings. The van der Waals surface area contributed by atoms with Gasteiger partial charge in [0.2, 0.25) is 0 Å². The first kappa shape index (κ1) is 24.2. The Balaban J connectivity index is 1.62. The van der Waals surface area contributed by atoms with E-state index in [2.05, 4.69) is 68.7 Å². The van der Waals surface area contributed by atoms with Crippen LogP contribution in [0, 0.1) is 20.8 Å². The Kier molecular flexibility index (Phi) is 8.05. The van der Waals surface area contributed by atoms with Gasteiger partial charge in [-0.1, -0.05) is 56.3 Å². The monoisotopic (exact) mass is 442 g/mol. The summed E-state index contributed by atoms with van der Waals surface area (Å²) in [6.07, 6.45) is 2.16. The molecule has 0 radical (unpaired) electrons. The van der Waals surface area contributed by atoms with Crippen molar-refractivity contribution in [3.8, 4) is 0 Å². The molecule has 0 unspecified atom stereocenters. The Hall–Kier alpha value is -3.40. The van der Waals surface area contributed by atoms with Crippen molar-refractivity contribution < 1.29 is 9.59 Å². The summed E-state index contributed by atoms with van der Waals surface area (Å²) in [5.74, 6) is 0.167. The van der Waals surface area contributed by atoms with Crippen molar-refractivity contribution in [1.82, 2.24) is 5.32 Å². The number of hydrogen-bond donors (Lipinski definition) is 2. The third-order valence-electron chi connectivity index (χ3n) is 6.17. The number of Topliss-reactive ketones (excluding diaryl/α,β-unsaturated/α-hetero) is 1. The van der Waals surface area contributed by atoms with Crippen LogP contribution in [0.5, 0.6) is 0 Å². The van der Waals surface area contributed by atoms with Crippen LogP contribution >= 0.6 is 0 Å². The smallest absolute Gasteiger partial charge is 0.319 e. The minimum absolute atomic E-state index is 0.167. The van der Waals surface area contributed by atoms with E-state index in [1.807, 2.05) is 31.2 Å². The summed E-state index contributed by atoms with van der Waals surface area (Å²) in [5.41, 5.74) is 9.74. The molecular formula is C29H34N2O2. The van der Waals surface area contributed by atoms with Crippen LogP contribution in [0.25, 0.3) is 0 Å². The molecule has 0 aliphatic heterocycles. The number of urea groups is 1. The van der Waals surface area contributed by atoms with Gasteiger partial charge in [0.25, 0.3) is 0 Å². The van der Waals surface area contributed by atoms with Crippen LogP contribution in [0.1, 0.15) is 69.6 Å². The largest absolute Gasteiger partial charge is 0.334 e. The van der Waals surface area contributed by atoms with Crippen LogP contribution in [-0.4, -0.2) is 11.8 Å². The summed E-state index contributed by atoms with van der Waals surface area (Å²) in [5, 5.41) is 5.97. The lowest BCUT2D eigenvalue weighted by atomic mass is 9.96. The fourth-order valence-corrected chi connectivity index (χ4v) is 3.98. The third-order valence-corrected chi connectivity index (χ3v) is 6.17. The van der Waals surface area contributed by atoms with Gasteiger partial charge in [-0.3, -0.25) is 4.79 Å². The normalized spacial score (nSPS) is 10.7. The van der Waals surface area contributed by atoms with Crippen LogP contribution in [0.2, 0.25) is 0 Å². The summed E-state index contributed by atoms with van der Waals surface area (Å²) < 4.78 is 0. The van der Waals surface area contributed by atoms with E-state index in [1.165, 1.54) is 22.3 Å². The first-order valence-corrected chi connectivity index (χ1v) is 11.7.